The predicted octanol–water partition coefficient (Wildman–Crippen LogP) is 4.59. The summed E-state index contributed by atoms with van der Waals surface area (Å²) in [5.74, 6) is 0.779. The number of carbonyl (C=O) groups is 2. The molecule has 0 fully saturated rings. The number of fused-ring (bicyclic) bond motifs is 3. The van der Waals surface area contributed by atoms with Crippen LogP contribution in [0.25, 0.3) is 16.9 Å². The molecular formula is C26H29N3O5. The molecule has 2 N–H and O–H groups in total. The molecule has 2 heterocycles. The minimum Gasteiger partial charge on any atom is -0.497 e. The van der Waals surface area contributed by atoms with Gasteiger partial charge in [0.1, 0.15) is 11.9 Å². The van der Waals surface area contributed by atoms with E-state index in [0.717, 1.165) is 34.0 Å². The number of alkyl carbamates (subject to hydrolysis) is 2. The third-order valence-corrected chi connectivity index (χ3v) is 5.85. The van der Waals surface area contributed by atoms with Crippen LogP contribution in [0.3, 0.4) is 0 Å². The van der Waals surface area contributed by atoms with Gasteiger partial charge in [0.2, 0.25) is 0 Å². The van der Waals surface area contributed by atoms with Crippen LogP contribution in [0.1, 0.15) is 36.3 Å². The van der Waals surface area contributed by atoms with E-state index in [1.807, 2.05) is 43.3 Å². The molecular weight excluding hydrogens is 434 g/mol. The maximum absolute atomic E-state index is 12.4. The molecule has 4 rings (SSSR count). The largest absolute Gasteiger partial charge is 0.497 e. The molecule has 0 saturated heterocycles. The molecule has 0 saturated carbocycles. The second-order valence-corrected chi connectivity index (χ2v) is 7.90. The first-order valence-corrected chi connectivity index (χ1v) is 11.3. The monoisotopic (exact) mass is 463 g/mol. The van der Waals surface area contributed by atoms with Crippen LogP contribution in [0.4, 0.5) is 9.59 Å². The Hall–Kier alpha value is -3.94. The van der Waals surface area contributed by atoms with Gasteiger partial charge in [0.05, 0.1) is 19.4 Å². The van der Waals surface area contributed by atoms with Crippen molar-refractivity contribution in [1.82, 2.24) is 15.2 Å². The van der Waals surface area contributed by atoms with Gasteiger partial charge in [-0.15, -0.1) is 0 Å². The van der Waals surface area contributed by atoms with Crippen LogP contribution < -0.4 is 15.4 Å². The van der Waals surface area contributed by atoms with Crippen molar-refractivity contribution in [2.75, 3.05) is 27.3 Å². The number of aromatic nitrogens is 1. The zero-order chi connectivity index (χ0) is 24.1. The maximum atomic E-state index is 12.4. The normalized spacial score (nSPS) is 12.3. The van der Waals surface area contributed by atoms with E-state index in [4.69, 9.17) is 14.2 Å². The first kappa shape index (κ1) is 23.2. The summed E-state index contributed by atoms with van der Waals surface area (Å²) in [6.45, 7) is 2.40. The van der Waals surface area contributed by atoms with E-state index in [2.05, 4.69) is 33.4 Å². The highest BCUT2D eigenvalue weighted by atomic mass is 16.6. The molecule has 8 nitrogen and oxygen atoms in total. The van der Waals surface area contributed by atoms with E-state index in [0.29, 0.717) is 19.4 Å². The Kier molecular flexibility index (Phi) is 7.06. The highest BCUT2D eigenvalue weighted by molar-refractivity contribution is 5.71. The van der Waals surface area contributed by atoms with Gasteiger partial charge in [0.15, 0.2) is 0 Å². The summed E-state index contributed by atoms with van der Waals surface area (Å²) >= 11 is 0. The Morgan fingerprint density at radius 2 is 1.85 bits per heavy atom. The number of nitrogens with zero attached hydrogens (tertiary/aromatic N) is 1. The first-order valence-electron chi connectivity index (χ1n) is 11.3. The number of nitrogens with one attached hydrogen (secondary N) is 2. The van der Waals surface area contributed by atoms with Gasteiger partial charge in [-0.05, 0) is 54.4 Å². The van der Waals surface area contributed by atoms with E-state index in [-0.39, 0.29) is 6.61 Å². The number of ether oxygens (including phenoxy) is 3. The summed E-state index contributed by atoms with van der Waals surface area (Å²) in [7, 11) is 3.15. The van der Waals surface area contributed by atoms with Crippen molar-refractivity contribution in [3.63, 3.8) is 0 Å². The Morgan fingerprint density at radius 1 is 1.09 bits per heavy atom. The SMILES string of the molecule is CCNC(=O)OC(CCOC(=O)NC)c1cc(-c2ccc(OC)cc2)n2c1Cc1ccccc1-2. The number of amides is 2. The van der Waals surface area contributed by atoms with Crippen LogP contribution in [0.2, 0.25) is 0 Å². The van der Waals surface area contributed by atoms with E-state index < -0.39 is 18.3 Å². The van der Waals surface area contributed by atoms with Gasteiger partial charge in [-0.2, -0.15) is 0 Å². The number of methoxy groups -OCH3 is 1. The lowest BCUT2D eigenvalue weighted by Crippen LogP contribution is -2.27. The highest BCUT2D eigenvalue weighted by Crippen LogP contribution is 2.41. The van der Waals surface area contributed by atoms with Gasteiger partial charge in [0, 0.05) is 43.4 Å². The molecule has 1 atom stereocenters. The topological polar surface area (TPSA) is 90.8 Å². The molecule has 34 heavy (non-hydrogen) atoms. The van der Waals surface area contributed by atoms with Crippen molar-refractivity contribution in [3.05, 3.63) is 71.4 Å². The summed E-state index contributed by atoms with van der Waals surface area (Å²) in [6.07, 6.45) is -0.564. The maximum Gasteiger partial charge on any atom is 0.407 e. The summed E-state index contributed by atoms with van der Waals surface area (Å²) < 4.78 is 18.5. The zero-order valence-corrected chi connectivity index (χ0v) is 19.6. The van der Waals surface area contributed by atoms with Crippen molar-refractivity contribution in [2.24, 2.45) is 0 Å². The number of carbonyl (C=O) groups excluding carboxylic acids is 2. The molecule has 2 aromatic carbocycles. The number of rotatable bonds is 8. The molecule has 8 heteroatoms. The standard InChI is InChI=1S/C26H29N3O5/c1-4-28-26(31)34-24(13-14-33-25(30)27-2)20-16-22(17-9-11-19(32-3)12-10-17)29-21-8-6-5-7-18(21)15-23(20)29/h5-12,16,24H,4,13-15H2,1-3H3,(H,27,30)(H,28,31). The van der Waals surface area contributed by atoms with E-state index >= 15 is 0 Å². The molecule has 178 valence electrons. The van der Waals surface area contributed by atoms with Crippen LogP contribution in [0.15, 0.2) is 54.6 Å². The van der Waals surface area contributed by atoms with Gasteiger partial charge < -0.3 is 29.4 Å². The van der Waals surface area contributed by atoms with Crippen LogP contribution in [0, 0.1) is 0 Å². The van der Waals surface area contributed by atoms with Crippen molar-refractivity contribution < 1.29 is 23.8 Å². The second-order valence-electron chi connectivity index (χ2n) is 7.90. The van der Waals surface area contributed by atoms with Crippen LogP contribution in [0.5, 0.6) is 5.75 Å². The molecule has 3 aromatic rings. The number of para-hydroxylation sites is 1. The lowest BCUT2D eigenvalue weighted by Gasteiger charge is -2.18. The number of hydrogen-bond acceptors (Lipinski definition) is 5. The Bertz CT molecular complexity index is 1170. The summed E-state index contributed by atoms with van der Waals surface area (Å²) in [4.78, 5) is 23.9. The van der Waals surface area contributed by atoms with E-state index in [1.165, 1.54) is 12.6 Å². The fraction of sp³-hybridized carbons (Fsp3) is 0.308. The summed E-state index contributed by atoms with van der Waals surface area (Å²) in [5.41, 5.74) is 6.27. The minimum absolute atomic E-state index is 0.110. The molecule has 0 aliphatic carbocycles. The first-order chi connectivity index (χ1) is 16.5. The van der Waals surface area contributed by atoms with Crippen LogP contribution in [-0.2, 0) is 15.9 Å². The molecule has 1 aliphatic rings. The predicted molar refractivity (Wildman–Crippen MR) is 128 cm³/mol. The Morgan fingerprint density at radius 3 is 2.56 bits per heavy atom. The second kappa shape index (κ2) is 10.3. The van der Waals surface area contributed by atoms with Gasteiger partial charge in [-0.3, -0.25) is 0 Å². The third-order valence-electron chi connectivity index (χ3n) is 5.85. The van der Waals surface area contributed by atoms with Gasteiger partial charge in [0.25, 0.3) is 0 Å². The molecule has 0 radical (unpaired) electrons. The molecule has 1 unspecified atom stereocenters. The Balaban J connectivity index is 1.76. The lowest BCUT2D eigenvalue weighted by atomic mass is 10.0. The lowest BCUT2D eigenvalue weighted by molar-refractivity contribution is 0.0732. The highest BCUT2D eigenvalue weighted by Gasteiger charge is 2.30. The Labute approximate surface area is 198 Å². The minimum atomic E-state index is -0.584. The van der Waals surface area contributed by atoms with Gasteiger partial charge in [-0.1, -0.05) is 18.2 Å². The molecule has 1 aliphatic heterocycles. The smallest absolute Gasteiger partial charge is 0.407 e. The molecule has 1 aromatic heterocycles. The summed E-state index contributed by atoms with van der Waals surface area (Å²) in [6, 6.07) is 18.2. The van der Waals surface area contributed by atoms with Gasteiger partial charge >= 0.3 is 12.2 Å². The fourth-order valence-electron chi connectivity index (χ4n) is 4.26. The van der Waals surface area contributed by atoms with Crippen molar-refractivity contribution in [2.45, 2.75) is 25.9 Å². The third kappa shape index (κ3) is 4.71. The average molecular weight is 464 g/mol. The van der Waals surface area contributed by atoms with Gasteiger partial charge in [-0.25, -0.2) is 9.59 Å². The summed E-state index contributed by atoms with van der Waals surface area (Å²) in [5, 5.41) is 5.12. The fourth-order valence-corrected chi connectivity index (χ4v) is 4.26. The average Bonchev–Trinajstić information content (AvgIpc) is 3.41. The van der Waals surface area contributed by atoms with Crippen molar-refractivity contribution >= 4 is 12.2 Å². The number of hydrogen-bond donors (Lipinski definition) is 2. The molecule has 0 spiro atoms. The van der Waals surface area contributed by atoms with Crippen LogP contribution in [-0.4, -0.2) is 44.1 Å². The van der Waals surface area contributed by atoms with Crippen molar-refractivity contribution in [1.29, 1.82) is 0 Å². The quantitative estimate of drug-likeness (QED) is 0.399. The number of benzene rings is 2. The zero-order valence-electron chi connectivity index (χ0n) is 19.6. The van der Waals surface area contributed by atoms with E-state index in [1.54, 1.807) is 7.11 Å². The van der Waals surface area contributed by atoms with Crippen molar-refractivity contribution in [3.8, 4) is 22.7 Å². The van der Waals surface area contributed by atoms with Crippen LogP contribution >= 0.6 is 0 Å². The molecule has 2 amide bonds. The molecule has 0 bridgehead atoms. The van der Waals surface area contributed by atoms with E-state index in [9.17, 15) is 9.59 Å².